The Morgan fingerprint density at radius 2 is 1.62 bits per heavy atom. The van der Waals surface area contributed by atoms with Crippen molar-refractivity contribution < 1.29 is 19.1 Å². The molecule has 0 radical (unpaired) electrons. The Bertz CT molecular complexity index is 822. The minimum atomic E-state index is -0.476. The molecule has 7 heteroatoms. The molecule has 0 fully saturated rings. The van der Waals surface area contributed by atoms with Gasteiger partial charge in [0.1, 0.15) is 19.3 Å². The number of nitrogens with one attached hydrogen (secondary N) is 3. The van der Waals surface area contributed by atoms with E-state index in [1.165, 1.54) is 6.92 Å². The van der Waals surface area contributed by atoms with E-state index < -0.39 is 6.04 Å². The zero-order valence-electron chi connectivity index (χ0n) is 14.7. The van der Waals surface area contributed by atoms with Gasteiger partial charge in [-0.1, -0.05) is 6.07 Å². The lowest BCUT2D eigenvalue weighted by Gasteiger charge is -2.20. The van der Waals surface area contributed by atoms with Crippen LogP contribution >= 0.6 is 0 Å². The summed E-state index contributed by atoms with van der Waals surface area (Å²) in [5.74, 6) is 0.964. The lowest BCUT2D eigenvalue weighted by Crippen LogP contribution is -2.31. The van der Waals surface area contributed by atoms with E-state index in [0.29, 0.717) is 36.1 Å². The van der Waals surface area contributed by atoms with Crippen LogP contribution in [0.2, 0.25) is 0 Å². The second-order valence-corrected chi connectivity index (χ2v) is 5.98. The predicted molar refractivity (Wildman–Crippen MR) is 99.9 cm³/mol. The van der Waals surface area contributed by atoms with Crippen LogP contribution in [0.4, 0.5) is 17.1 Å². The van der Waals surface area contributed by atoms with E-state index in [1.807, 2.05) is 6.07 Å². The maximum absolute atomic E-state index is 12.4. The largest absolute Gasteiger partial charge is 0.486 e. The van der Waals surface area contributed by atoms with Gasteiger partial charge < -0.3 is 25.4 Å². The average Bonchev–Trinajstić information content (AvgIpc) is 2.61. The van der Waals surface area contributed by atoms with Crippen molar-refractivity contribution in [2.24, 2.45) is 0 Å². The van der Waals surface area contributed by atoms with Crippen LogP contribution in [0.25, 0.3) is 0 Å². The highest BCUT2D eigenvalue weighted by molar-refractivity contribution is 5.96. The Hall–Kier alpha value is -3.22. The molecule has 0 unspecified atom stereocenters. The molecule has 1 heterocycles. The standard InChI is InChI=1S/C19H21N3O4/c1-12(20-14-4-3-5-15(10-14)21-13(2)23)19(24)22-16-6-7-17-18(11-16)26-9-8-25-17/h3-7,10-12,20H,8-9H2,1-2H3,(H,21,23)(H,22,24)/t12-/m1/s1. The van der Waals surface area contributed by atoms with E-state index in [0.717, 1.165) is 5.69 Å². The fourth-order valence-electron chi connectivity index (χ4n) is 2.58. The van der Waals surface area contributed by atoms with Crippen molar-refractivity contribution in [1.29, 1.82) is 0 Å². The van der Waals surface area contributed by atoms with Gasteiger partial charge in [0.2, 0.25) is 11.8 Å². The minimum Gasteiger partial charge on any atom is -0.486 e. The Labute approximate surface area is 151 Å². The minimum absolute atomic E-state index is 0.147. The molecule has 3 N–H and O–H groups in total. The summed E-state index contributed by atoms with van der Waals surface area (Å²) in [6.07, 6.45) is 0. The Kier molecular flexibility index (Phi) is 5.26. The third kappa shape index (κ3) is 4.44. The number of carbonyl (C=O) groups is 2. The molecule has 0 saturated heterocycles. The average molecular weight is 355 g/mol. The normalized spacial score (nSPS) is 13.5. The number of fused-ring (bicyclic) bond motifs is 1. The van der Waals surface area contributed by atoms with E-state index in [9.17, 15) is 9.59 Å². The van der Waals surface area contributed by atoms with Gasteiger partial charge in [-0.05, 0) is 37.3 Å². The number of anilines is 3. The SMILES string of the molecule is CC(=O)Nc1cccc(N[C@H](C)C(=O)Nc2ccc3c(c2)OCCO3)c1. The molecule has 0 aromatic heterocycles. The zero-order chi connectivity index (χ0) is 18.5. The van der Waals surface area contributed by atoms with Crippen LogP contribution in [0, 0.1) is 0 Å². The van der Waals surface area contributed by atoms with Gasteiger partial charge in [-0.25, -0.2) is 0 Å². The molecule has 2 aromatic carbocycles. The van der Waals surface area contributed by atoms with Crippen molar-refractivity contribution in [3.05, 3.63) is 42.5 Å². The van der Waals surface area contributed by atoms with E-state index in [4.69, 9.17) is 9.47 Å². The highest BCUT2D eigenvalue weighted by atomic mass is 16.6. The molecule has 0 saturated carbocycles. The van der Waals surface area contributed by atoms with E-state index in [1.54, 1.807) is 43.3 Å². The third-order valence-corrected chi connectivity index (χ3v) is 3.77. The Morgan fingerprint density at radius 1 is 0.923 bits per heavy atom. The number of benzene rings is 2. The second kappa shape index (κ2) is 7.77. The molecule has 26 heavy (non-hydrogen) atoms. The predicted octanol–water partition coefficient (Wildman–Crippen LogP) is 2.86. The number of amides is 2. The van der Waals surface area contributed by atoms with Gasteiger partial charge in [0.25, 0.3) is 0 Å². The van der Waals surface area contributed by atoms with Gasteiger partial charge in [0.05, 0.1) is 0 Å². The summed E-state index contributed by atoms with van der Waals surface area (Å²) in [6.45, 7) is 4.23. The van der Waals surface area contributed by atoms with Crippen LogP contribution < -0.4 is 25.4 Å². The monoisotopic (exact) mass is 355 g/mol. The fraction of sp³-hybridized carbons (Fsp3) is 0.263. The lowest BCUT2D eigenvalue weighted by atomic mass is 10.2. The van der Waals surface area contributed by atoms with Gasteiger partial charge in [0.15, 0.2) is 11.5 Å². The van der Waals surface area contributed by atoms with E-state index >= 15 is 0 Å². The molecule has 0 bridgehead atoms. The first kappa shape index (κ1) is 17.6. The smallest absolute Gasteiger partial charge is 0.246 e. The maximum Gasteiger partial charge on any atom is 0.246 e. The number of carbonyl (C=O) groups excluding carboxylic acids is 2. The summed E-state index contributed by atoms with van der Waals surface area (Å²) in [5.41, 5.74) is 2.04. The lowest BCUT2D eigenvalue weighted by molar-refractivity contribution is -0.116. The van der Waals surface area contributed by atoms with Crippen LogP contribution in [-0.4, -0.2) is 31.1 Å². The molecule has 2 amide bonds. The molecule has 1 atom stereocenters. The third-order valence-electron chi connectivity index (χ3n) is 3.77. The molecular formula is C19H21N3O4. The van der Waals surface area contributed by atoms with Gasteiger partial charge in [-0.2, -0.15) is 0 Å². The number of hydrogen-bond acceptors (Lipinski definition) is 5. The van der Waals surface area contributed by atoms with Crippen molar-refractivity contribution in [3.63, 3.8) is 0 Å². The van der Waals surface area contributed by atoms with Gasteiger partial charge in [-0.15, -0.1) is 0 Å². The molecule has 7 nitrogen and oxygen atoms in total. The van der Waals surface area contributed by atoms with Crippen molar-refractivity contribution in [2.45, 2.75) is 19.9 Å². The van der Waals surface area contributed by atoms with Gasteiger partial charge in [-0.3, -0.25) is 9.59 Å². The summed E-state index contributed by atoms with van der Waals surface area (Å²) < 4.78 is 11.0. The summed E-state index contributed by atoms with van der Waals surface area (Å²) in [4.78, 5) is 23.6. The number of rotatable bonds is 5. The molecular weight excluding hydrogens is 334 g/mol. The summed E-state index contributed by atoms with van der Waals surface area (Å²) >= 11 is 0. The second-order valence-electron chi connectivity index (χ2n) is 5.98. The molecule has 136 valence electrons. The van der Waals surface area contributed by atoms with Crippen molar-refractivity contribution >= 4 is 28.9 Å². The highest BCUT2D eigenvalue weighted by Gasteiger charge is 2.16. The fourth-order valence-corrected chi connectivity index (χ4v) is 2.58. The van der Waals surface area contributed by atoms with Crippen LogP contribution in [-0.2, 0) is 9.59 Å². The first-order chi connectivity index (χ1) is 12.5. The zero-order valence-corrected chi connectivity index (χ0v) is 14.7. The summed E-state index contributed by atoms with van der Waals surface area (Å²) in [6, 6.07) is 12.0. The molecule has 0 spiro atoms. The van der Waals surface area contributed by atoms with Crippen molar-refractivity contribution in [3.8, 4) is 11.5 Å². The molecule has 1 aliphatic heterocycles. The number of ether oxygens (including phenoxy) is 2. The van der Waals surface area contributed by atoms with Crippen molar-refractivity contribution in [1.82, 2.24) is 0 Å². The molecule has 1 aliphatic rings. The quantitative estimate of drug-likeness (QED) is 0.767. The van der Waals surface area contributed by atoms with Crippen LogP contribution in [0.15, 0.2) is 42.5 Å². The Balaban J connectivity index is 1.62. The first-order valence-corrected chi connectivity index (χ1v) is 8.36. The maximum atomic E-state index is 12.4. The molecule has 0 aliphatic carbocycles. The molecule has 3 rings (SSSR count). The van der Waals surface area contributed by atoms with Crippen LogP contribution in [0.1, 0.15) is 13.8 Å². The van der Waals surface area contributed by atoms with Gasteiger partial charge >= 0.3 is 0 Å². The number of hydrogen-bond donors (Lipinski definition) is 3. The summed E-state index contributed by atoms with van der Waals surface area (Å²) in [5, 5.41) is 8.68. The molecule has 2 aromatic rings. The van der Waals surface area contributed by atoms with E-state index in [-0.39, 0.29) is 11.8 Å². The first-order valence-electron chi connectivity index (χ1n) is 8.36. The van der Waals surface area contributed by atoms with Crippen LogP contribution in [0.3, 0.4) is 0 Å². The topological polar surface area (TPSA) is 88.7 Å². The van der Waals surface area contributed by atoms with Crippen molar-refractivity contribution in [2.75, 3.05) is 29.2 Å². The highest BCUT2D eigenvalue weighted by Crippen LogP contribution is 2.32. The Morgan fingerprint density at radius 3 is 2.38 bits per heavy atom. The van der Waals surface area contributed by atoms with E-state index in [2.05, 4.69) is 16.0 Å². The summed E-state index contributed by atoms with van der Waals surface area (Å²) in [7, 11) is 0. The van der Waals surface area contributed by atoms with Gasteiger partial charge in [0, 0.05) is 30.1 Å². The van der Waals surface area contributed by atoms with Crippen LogP contribution in [0.5, 0.6) is 11.5 Å².